The van der Waals surface area contributed by atoms with Gasteiger partial charge in [-0.15, -0.1) is 0 Å². The van der Waals surface area contributed by atoms with Crippen LogP contribution in [0.15, 0.2) is 18.3 Å². The normalized spacial score (nSPS) is 21.1. The van der Waals surface area contributed by atoms with E-state index in [-0.39, 0.29) is 0 Å². The van der Waals surface area contributed by atoms with Crippen molar-refractivity contribution in [3.8, 4) is 0 Å². The van der Waals surface area contributed by atoms with Gasteiger partial charge in [0.1, 0.15) is 5.82 Å². The zero-order valence-corrected chi connectivity index (χ0v) is 9.31. The molecule has 1 aliphatic rings. The fourth-order valence-corrected chi connectivity index (χ4v) is 2.80. The average Bonchev–Trinajstić information content (AvgIpc) is 2.70. The predicted octanol–water partition coefficient (Wildman–Crippen LogP) is 2.70. The van der Waals surface area contributed by atoms with Crippen LogP contribution in [0, 0.1) is 6.92 Å². The zero-order chi connectivity index (χ0) is 9.80. The second kappa shape index (κ2) is 4.69. The first kappa shape index (κ1) is 9.84. The average molecular weight is 208 g/mol. The van der Waals surface area contributed by atoms with Crippen molar-refractivity contribution < 1.29 is 0 Å². The second-order valence-electron chi connectivity index (χ2n) is 3.74. The summed E-state index contributed by atoms with van der Waals surface area (Å²) in [6, 6.07) is 4.14. The molecule has 1 fully saturated rings. The quantitative estimate of drug-likeness (QED) is 0.826. The van der Waals surface area contributed by atoms with E-state index in [4.69, 9.17) is 0 Å². The van der Waals surface area contributed by atoms with Crippen molar-refractivity contribution in [1.29, 1.82) is 0 Å². The summed E-state index contributed by atoms with van der Waals surface area (Å²) in [5.41, 5.74) is 1.21. The number of thioether (sulfide) groups is 1. The Bertz CT molecular complexity index is 278. The van der Waals surface area contributed by atoms with Gasteiger partial charge in [0.05, 0.1) is 0 Å². The topological polar surface area (TPSA) is 24.9 Å². The third-order valence-corrected chi connectivity index (χ3v) is 3.84. The molecule has 1 N–H and O–H groups in total. The molecule has 1 unspecified atom stereocenters. The van der Waals surface area contributed by atoms with Gasteiger partial charge in [0, 0.05) is 18.0 Å². The van der Waals surface area contributed by atoms with E-state index in [9.17, 15) is 0 Å². The Morgan fingerprint density at radius 1 is 1.57 bits per heavy atom. The lowest BCUT2D eigenvalue weighted by Gasteiger charge is -2.10. The van der Waals surface area contributed by atoms with Crippen LogP contribution in [0.2, 0.25) is 0 Å². The van der Waals surface area contributed by atoms with Gasteiger partial charge in [0.15, 0.2) is 0 Å². The number of nitrogens with one attached hydrogen (secondary N) is 1. The molecule has 1 saturated heterocycles. The smallest absolute Gasteiger partial charge is 0.125 e. The molecule has 1 aromatic heterocycles. The van der Waals surface area contributed by atoms with Crippen molar-refractivity contribution in [2.24, 2.45) is 0 Å². The minimum atomic E-state index is 0.790. The van der Waals surface area contributed by atoms with Crippen LogP contribution in [0.4, 0.5) is 5.82 Å². The van der Waals surface area contributed by atoms with Crippen LogP contribution in [0.5, 0.6) is 0 Å². The van der Waals surface area contributed by atoms with Gasteiger partial charge in [-0.2, -0.15) is 11.8 Å². The van der Waals surface area contributed by atoms with Crippen LogP contribution in [0.3, 0.4) is 0 Å². The van der Waals surface area contributed by atoms with E-state index >= 15 is 0 Å². The number of pyridine rings is 1. The summed E-state index contributed by atoms with van der Waals surface area (Å²) < 4.78 is 0. The molecule has 76 valence electrons. The molecule has 0 amide bonds. The monoisotopic (exact) mass is 208 g/mol. The molecule has 0 aromatic carbocycles. The highest BCUT2D eigenvalue weighted by Crippen LogP contribution is 2.25. The van der Waals surface area contributed by atoms with Crippen LogP contribution in [-0.4, -0.2) is 22.5 Å². The van der Waals surface area contributed by atoms with Gasteiger partial charge in [0.25, 0.3) is 0 Å². The summed E-state index contributed by atoms with van der Waals surface area (Å²) in [6.45, 7) is 3.12. The molecule has 0 saturated carbocycles. The highest BCUT2D eigenvalue weighted by molar-refractivity contribution is 8.00. The van der Waals surface area contributed by atoms with Crippen LogP contribution in [-0.2, 0) is 0 Å². The van der Waals surface area contributed by atoms with Crippen molar-refractivity contribution in [1.82, 2.24) is 4.98 Å². The summed E-state index contributed by atoms with van der Waals surface area (Å²) in [6.07, 6.45) is 4.63. The first-order valence-corrected chi connectivity index (χ1v) is 6.17. The van der Waals surface area contributed by atoms with Crippen LogP contribution < -0.4 is 5.32 Å². The Kier molecular flexibility index (Phi) is 3.30. The van der Waals surface area contributed by atoms with E-state index in [1.807, 2.05) is 6.20 Å². The standard InChI is InChI=1S/C11H16N2S/c1-9-4-5-11(12-7-9)13-8-10-3-2-6-14-10/h4-5,7,10H,2-3,6,8H2,1H3,(H,12,13). The lowest BCUT2D eigenvalue weighted by Crippen LogP contribution is -2.14. The van der Waals surface area contributed by atoms with Crippen molar-refractivity contribution in [2.45, 2.75) is 25.0 Å². The molecule has 1 atom stereocenters. The second-order valence-corrected chi connectivity index (χ2v) is 5.14. The van der Waals surface area contributed by atoms with Crippen molar-refractivity contribution in [2.75, 3.05) is 17.6 Å². The first-order valence-electron chi connectivity index (χ1n) is 5.13. The minimum Gasteiger partial charge on any atom is -0.369 e. The van der Waals surface area contributed by atoms with Gasteiger partial charge in [-0.1, -0.05) is 6.07 Å². The van der Waals surface area contributed by atoms with Crippen molar-refractivity contribution >= 4 is 17.6 Å². The Hall–Kier alpha value is -0.700. The van der Waals surface area contributed by atoms with E-state index in [0.29, 0.717) is 0 Å². The molecular weight excluding hydrogens is 192 g/mol. The first-order chi connectivity index (χ1) is 6.84. The maximum atomic E-state index is 4.32. The number of anilines is 1. The zero-order valence-electron chi connectivity index (χ0n) is 8.49. The van der Waals surface area contributed by atoms with Gasteiger partial charge >= 0.3 is 0 Å². The number of aryl methyl sites for hydroxylation is 1. The molecule has 3 heteroatoms. The van der Waals surface area contributed by atoms with E-state index in [2.05, 4.69) is 41.1 Å². The minimum absolute atomic E-state index is 0.790. The third-order valence-electron chi connectivity index (χ3n) is 2.45. The molecule has 14 heavy (non-hydrogen) atoms. The SMILES string of the molecule is Cc1ccc(NCC2CCCS2)nc1. The molecule has 1 aromatic rings. The summed E-state index contributed by atoms with van der Waals surface area (Å²) in [5.74, 6) is 2.33. The summed E-state index contributed by atoms with van der Waals surface area (Å²) >= 11 is 2.07. The molecule has 1 aliphatic heterocycles. The number of hydrogen-bond donors (Lipinski definition) is 1. The Labute approximate surface area is 89.5 Å². The summed E-state index contributed by atoms with van der Waals surface area (Å²) in [4.78, 5) is 4.32. The van der Waals surface area contributed by atoms with E-state index in [0.717, 1.165) is 17.6 Å². The van der Waals surface area contributed by atoms with E-state index in [1.54, 1.807) is 0 Å². The Morgan fingerprint density at radius 3 is 3.14 bits per heavy atom. The molecule has 0 radical (unpaired) electrons. The predicted molar refractivity (Wildman–Crippen MR) is 62.9 cm³/mol. The Balaban J connectivity index is 1.82. The lowest BCUT2D eigenvalue weighted by atomic mass is 10.2. The molecule has 0 bridgehead atoms. The maximum absolute atomic E-state index is 4.32. The summed E-state index contributed by atoms with van der Waals surface area (Å²) in [7, 11) is 0. The number of aromatic nitrogens is 1. The number of hydrogen-bond acceptors (Lipinski definition) is 3. The molecule has 2 rings (SSSR count). The van der Waals surface area contributed by atoms with Crippen LogP contribution >= 0.6 is 11.8 Å². The van der Waals surface area contributed by atoms with E-state index < -0.39 is 0 Å². The maximum Gasteiger partial charge on any atom is 0.125 e. The van der Waals surface area contributed by atoms with Gasteiger partial charge < -0.3 is 5.32 Å². The Morgan fingerprint density at radius 2 is 2.50 bits per heavy atom. The van der Waals surface area contributed by atoms with Gasteiger partial charge in [-0.25, -0.2) is 4.98 Å². The number of nitrogens with zero attached hydrogens (tertiary/aromatic N) is 1. The van der Waals surface area contributed by atoms with Gasteiger partial charge in [-0.05, 0) is 37.1 Å². The largest absolute Gasteiger partial charge is 0.369 e. The van der Waals surface area contributed by atoms with Crippen LogP contribution in [0.25, 0.3) is 0 Å². The molecule has 0 spiro atoms. The number of rotatable bonds is 3. The molecule has 0 aliphatic carbocycles. The van der Waals surface area contributed by atoms with Gasteiger partial charge in [-0.3, -0.25) is 0 Å². The van der Waals surface area contributed by atoms with Crippen LogP contribution in [0.1, 0.15) is 18.4 Å². The molecule has 2 heterocycles. The highest BCUT2D eigenvalue weighted by atomic mass is 32.2. The lowest BCUT2D eigenvalue weighted by molar-refractivity contribution is 0.803. The third kappa shape index (κ3) is 2.64. The van der Waals surface area contributed by atoms with Crippen molar-refractivity contribution in [3.05, 3.63) is 23.9 Å². The highest BCUT2D eigenvalue weighted by Gasteiger charge is 2.14. The fraction of sp³-hybridized carbons (Fsp3) is 0.545. The van der Waals surface area contributed by atoms with E-state index in [1.165, 1.54) is 24.2 Å². The van der Waals surface area contributed by atoms with Crippen molar-refractivity contribution in [3.63, 3.8) is 0 Å². The van der Waals surface area contributed by atoms with Gasteiger partial charge in [0.2, 0.25) is 0 Å². The molecular formula is C11H16N2S. The fourth-order valence-electron chi connectivity index (χ4n) is 1.60. The molecule has 2 nitrogen and oxygen atoms in total. The summed E-state index contributed by atoms with van der Waals surface area (Å²) in [5, 5.41) is 4.17.